The van der Waals surface area contributed by atoms with E-state index in [0.29, 0.717) is 5.57 Å². The maximum atomic E-state index is 9.82. The molecule has 11 heavy (non-hydrogen) atoms. The number of hydrogen-bond acceptors (Lipinski definition) is 1. The first kappa shape index (κ1) is 16.8. The molecule has 0 heterocycles. The SMILES string of the molecule is C=C(C)C(N)=O.C[NH+](C)C.Cl. The number of halogens is 1. The number of carbonyl (C=O) groups is 1. The lowest BCUT2D eigenvalue weighted by Gasteiger charge is -1.88. The van der Waals surface area contributed by atoms with Gasteiger partial charge in [-0.15, -0.1) is 12.4 Å². The number of primary amides is 1. The van der Waals surface area contributed by atoms with Crippen LogP contribution in [0.4, 0.5) is 0 Å². The van der Waals surface area contributed by atoms with Crippen molar-refractivity contribution in [2.45, 2.75) is 6.92 Å². The van der Waals surface area contributed by atoms with E-state index in [0.717, 1.165) is 0 Å². The molecule has 0 rings (SSSR count). The summed E-state index contributed by atoms with van der Waals surface area (Å²) in [6.07, 6.45) is 0. The van der Waals surface area contributed by atoms with E-state index in [2.05, 4.69) is 27.7 Å². The molecule has 0 saturated carbocycles. The molecule has 0 bridgehead atoms. The standard InChI is InChI=1S/C4H7NO.C3H9N.ClH/c1-3(2)4(5)6;1-4(2)3;/h1H2,2H3,(H2,5,6);1-3H3;1H/p+1. The largest absolute Gasteiger partial charge is 0.366 e. The second kappa shape index (κ2) is 9.46. The minimum Gasteiger partial charge on any atom is -0.366 e. The number of nitrogens with one attached hydrogen (secondary N) is 1. The van der Waals surface area contributed by atoms with E-state index in [1.165, 1.54) is 4.90 Å². The van der Waals surface area contributed by atoms with Gasteiger partial charge < -0.3 is 10.6 Å². The van der Waals surface area contributed by atoms with E-state index in [4.69, 9.17) is 5.73 Å². The molecule has 0 aliphatic heterocycles. The van der Waals surface area contributed by atoms with Crippen molar-refractivity contribution in [2.24, 2.45) is 5.73 Å². The van der Waals surface area contributed by atoms with Gasteiger partial charge in [0, 0.05) is 5.57 Å². The van der Waals surface area contributed by atoms with Crippen molar-refractivity contribution in [3.63, 3.8) is 0 Å². The van der Waals surface area contributed by atoms with Crippen molar-refractivity contribution in [3.05, 3.63) is 12.2 Å². The highest BCUT2D eigenvalue weighted by atomic mass is 35.5. The zero-order chi connectivity index (χ0) is 8.73. The van der Waals surface area contributed by atoms with Crippen LogP contribution in [0.1, 0.15) is 6.92 Å². The van der Waals surface area contributed by atoms with Gasteiger partial charge in [0.1, 0.15) is 0 Å². The zero-order valence-corrected chi connectivity index (χ0v) is 8.42. The van der Waals surface area contributed by atoms with Gasteiger partial charge in [0.05, 0.1) is 21.1 Å². The average Bonchev–Trinajstić information content (AvgIpc) is 1.63. The van der Waals surface area contributed by atoms with Gasteiger partial charge in [-0.25, -0.2) is 0 Å². The third-order valence-electron chi connectivity index (χ3n) is 0.421. The fourth-order valence-electron chi connectivity index (χ4n) is 0. The van der Waals surface area contributed by atoms with Crippen LogP contribution in [0, 0.1) is 0 Å². The monoisotopic (exact) mass is 181 g/mol. The quantitative estimate of drug-likeness (QED) is 0.513. The molecule has 0 aromatic carbocycles. The zero-order valence-electron chi connectivity index (χ0n) is 7.60. The fraction of sp³-hybridized carbons (Fsp3) is 0.571. The Bertz CT molecular complexity index is 109. The van der Waals surface area contributed by atoms with E-state index in [1.54, 1.807) is 6.92 Å². The van der Waals surface area contributed by atoms with Crippen molar-refractivity contribution >= 4 is 18.3 Å². The van der Waals surface area contributed by atoms with Crippen LogP contribution in [0.2, 0.25) is 0 Å². The van der Waals surface area contributed by atoms with Crippen molar-refractivity contribution < 1.29 is 9.69 Å². The molecule has 0 aliphatic rings. The predicted octanol–water partition coefficient (Wildman–Crippen LogP) is -0.770. The van der Waals surface area contributed by atoms with E-state index < -0.39 is 5.91 Å². The summed E-state index contributed by atoms with van der Waals surface area (Å²) >= 11 is 0. The molecule has 0 radical (unpaired) electrons. The number of carbonyl (C=O) groups excluding carboxylic acids is 1. The summed E-state index contributed by atoms with van der Waals surface area (Å²) in [4.78, 5) is 11.2. The van der Waals surface area contributed by atoms with Crippen LogP contribution in [0.5, 0.6) is 0 Å². The van der Waals surface area contributed by atoms with Crippen LogP contribution in [-0.4, -0.2) is 27.1 Å². The van der Waals surface area contributed by atoms with E-state index in [1.807, 2.05) is 0 Å². The molecule has 4 heteroatoms. The lowest BCUT2D eigenvalue weighted by atomic mass is 10.3. The maximum absolute atomic E-state index is 9.82. The molecule has 0 saturated heterocycles. The highest BCUT2D eigenvalue weighted by molar-refractivity contribution is 5.90. The van der Waals surface area contributed by atoms with Crippen molar-refractivity contribution in [3.8, 4) is 0 Å². The second-order valence-corrected chi connectivity index (χ2v) is 2.64. The van der Waals surface area contributed by atoms with Gasteiger partial charge >= 0.3 is 0 Å². The Morgan fingerprint density at radius 2 is 1.45 bits per heavy atom. The first-order valence-corrected chi connectivity index (χ1v) is 3.10. The molecular formula is C7H18ClN2O+. The molecule has 68 valence electrons. The normalized spacial score (nSPS) is 7.36. The third kappa shape index (κ3) is 44.0. The Kier molecular flexibility index (Phi) is 14.5. The average molecular weight is 182 g/mol. The van der Waals surface area contributed by atoms with Gasteiger partial charge in [0.2, 0.25) is 5.91 Å². The molecule has 0 aromatic rings. The minimum atomic E-state index is -0.435. The van der Waals surface area contributed by atoms with Gasteiger partial charge in [-0.1, -0.05) is 6.58 Å². The smallest absolute Gasteiger partial charge is 0.243 e. The molecule has 0 unspecified atom stereocenters. The molecule has 0 fully saturated rings. The lowest BCUT2D eigenvalue weighted by Crippen LogP contribution is -3.02. The van der Waals surface area contributed by atoms with Crippen LogP contribution >= 0.6 is 12.4 Å². The van der Waals surface area contributed by atoms with E-state index >= 15 is 0 Å². The number of nitrogens with two attached hydrogens (primary N) is 1. The van der Waals surface area contributed by atoms with Gasteiger partial charge in [0.25, 0.3) is 0 Å². The fourth-order valence-corrected chi connectivity index (χ4v) is 0. The van der Waals surface area contributed by atoms with E-state index in [9.17, 15) is 4.79 Å². The molecule has 3 N–H and O–H groups in total. The number of quaternary nitrogens is 1. The number of amides is 1. The first-order chi connectivity index (χ1) is 4.37. The Morgan fingerprint density at radius 1 is 1.36 bits per heavy atom. The Balaban J connectivity index is -0.000000114. The van der Waals surface area contributed by atoms with Crippen LogP contribution in [0.3, 0.4) is 0 Å². The molecule has 0 atom stereocenters. The van der Waals surface area contributed by atoms with Crippen molar-refractivity contribution in [1.82, 2.24) is 0 Å². The molecular weight excluding hydrogens is 164 g/mol. The first-order valence-electron chi connectivity index (χ1n) is 3.10. The summed E-state index contributed by atoms with van der Waals surface area (Å²) in [5.74, 6) is -0.435. The van der Waals surface area contributed by atoms with Crippen LogP contribution in [0.25, 0.3) is 0 Å². The Labute approximate surface area is 74.7 Å². The summed E-state index contributed by atoms with van der Waals surface area (Å²) < 4.78 is 0. The molecule has 3 nitrogen and oxygen atoms in total. The minimum absolute atomic E-state index is 0. The van der Waals surface area contributed by atoms with Crippen molar-refractivity contribution in [1.29, 1.82) is 0 Å². The van der Waals surface area contributed by atoms with Crippen LogP contribution in [-0.2, 0) is 4.79 Å². The summed E-state index contributed by atoms with van der Waals surface area (Å²) in [7, 11) is 6.25. The van der Waals surface area contributed by atoms with E-state index in [-0.39, 0.29) is 12.4 Å². The molecule has 0 aliphatic carbocycles. The Hall–Kier alpha value is -0.540. The molecule has 0 aromatic heterocycles. The van der Waals surface area contributed by atoms with Crippen LogP contribution < -0.4 is 10.6 Å². The second-order valence-electron chi connectivity index (χ2n) is 2.64. The Morgan fingerprint density at radius 3 is 1.45 bits per heavy atom. The van der Waals surface area contributed by atoms with Crippen molar-refractivity contribution in [2.75, 3.05) is 21.1 Å². The van der Waals surface area contributed by atoms with Crippen LogP contribution in [0.15, 0.2) is 12.2 Å². The topological polar surface area (TPSA) is 47.5 Å². The van der Waals surface area contributed by atoms with Gasteiger partial charge in [-0.3, -0.25) is 4.79 Å². The van der Waals surface area contributed by atoms with Gasteiger partial charge in [-0.05, 0) is 6.92 Å². The predicted molar refractivity (Wildman–Crippen MR) is 50.0 cm³/mol. The molecule has 1 amide bonds. The summed E-state index contributed by atoms with van der Waals surface area (Å²) in [6, 6.07) is 0. The number of rotatable bonds is 1. The maximum Gasteiger partial charge on any atom is 0.243 e. The van der Waals surface area contributed by atoms with Gasteiger partial charge in [-0.2, -0.15) is 0 Å². The highest BCUT2D eigenvalue weighted by Gasteiger charge is 1.86. The lowest BCUT2D eigenvalue weighted by molar-refractivity contribution is -0.836. The van der Waals surface area contributed by atoms with Gasteiger partial charge in [0.15, 0.2) is 0 Å². The number of hydrogen-bond donors (Lipinski definition) is 2. The molecule has 0 spiro atoms. The summed E-state index contributed by atoms with van der Waals surface area (Å²) in [6.45, 7) is 4.85. The summed E-state index contributed by atoms with van der Waals surface area (Å²) in [5, 5.41) is 0. The summed E-state index contributed by atoms with van der Waals surface area (Å²) in [5.41, 5.74) is 5.09. The third-order valence-corrected chi connectivity index (χ3v) is 0.421. The highest BCUT2D eigenvalue weighted by Crippen LogP contribution is 1.78.